The van der Waals surface area contributed by atoms with Crippen LogP contribution in [0.1, 0.15) is 22.5 Å². The Bertz CT molecular complexity index is 395. The number of halogens is 2. The average Bonchev–Trinajstić information content (AvgIpc) is 2.21. The molecule has 0 saturated heterocycles. The fourth-order valence-electron chi connectivity index (χ4n) is 0.813. The van der Waals surface area contributed by atoms with Crippen LogP contribution in [0.5, 0.6) is 0 Å². The van der Waals surface area contributed by atoms with Gasteiger partial charge in [-0.15, -0.1) is 0 Å². The van der Waals surface area contributed by atoms with Crippen LogP contribution < -0.4 is 0 Å². The minimum Gasteiger partial charge on any atom is -0.298 e. The highest BCUT2D eigenvalue weighted by molar-refractivity contribution is 9.09. The summed E-state index contributed by atoms with van der Waals surface area (Å²) in [4.78, 5) is 14.1. The van der Waals surface area contributed by atoms with Crippen LogP contribution in [0.2, 0.25) is 0 Å². The standard InChI is InChI=1S/C10H7BrFNO/c11-4-2-1-3-9-5-8(7-14)10(12)6-13-9/h5-7H,2,4H2. The topological polar surface area (TPSA) is 30.0 Å². The molecule has 0 radical (unpaired) electrons. The third-order valence-electron chi connectivity index (χ3n) is 1.45. The predicted molar refractivity (Wildman–Crippen MR) is 54.9 cm³/mol. The van der Waals surface area contributed by atoms with Gasteiger partial charge in [0.25, 0.3) is 0 Å². The SMILES string of the molecule is O=Cc1cc(C#CCCBr)ncc1F. The van der Waals surface area contributed by atoms with Crippen LogP contribution in [0, 0.1) is 17.7 Å². The highest BCUT2D eigenvalue weighted by atomic mass is 79.9. The van der Waals surface area contributed by atoms with Crippen molar-refractivity contribution in [3.8, 4) is 11.8 Å². The van der Waals surface area contributed by atoms with E-state index in [4.69, 9.17) is 0 Å². The van der Waals surface area contributed by atoms with Gasteiger partial charge in [-0.3, -0.25) is 4.79 Å². The molecule has 0 bridgehead atoms. The number of nitrogens with zero attached hydrogens (tertiary/aromatic N) is 1. The van der Waals surface area contributed by atoms with Crippen molar-refractivity contribution in [1.29, 1.82) is 0 Å². The van der Waals surface area contributed by atoms with Gasteiger partial charge in [0.1, 0.15) is 5.69 Å². The Balaban J connectivity index is 2.91. The van der Waals surface area contributed by atoms with Gasteiger partial charge in [0.2, 0.25) is 0 Å². The number of alkyl halides is 1. The lowest BCUT2D eigenvalue weighted by Crippen LogP contribution is -1.92. The van der Waals surface area contributed by atoms with E-state index < -0.39 is 5.82 Å². The van der Waals surface area contributed by atoms with Crippen molar-refractivity contribution in [2.75, 3.05) is 5.33 Å². The number of carbonyl (C=O) groups excluding carboxylic acids is 1. The van der Waals surface area contributed by atoms with Gasteiger partial charge in [0, 0.05) is 11.8 Å². The fourth-order valence-corrected chi connectivity index (χ4v) is 1.01. The predicted octanol–water partition coefficient (Wildman–Crippen LogP) is 2.17. The highest BCUT2D eigenvalue weighted by Crippen LogP contribution is 2.04. The Labute approximate surface area is 89.7 Å². The maximum absolute atomic E-state index is 12.8. The number of carbonyl (C=O) groups is 1. The number of hydrogen-bond acceptors (Lipinski definition) is 2. The summed E-state index contributed by atoms with van der Waals surface area (Å²) in [5, 5.41) is 0.779. The van der Waals surface area contributed by atoms with Gasteiger partial charge in [-0.2, -0.15) is 0 Å². The zero-order valence-electron chi connectivity index (χ0n) is 7.26. The van der Waals surface area contributed by atoms with Crippen LogP contribution in [0.25, 0.3) is 0 Å². The van der Waals surface area contributed by atoms with E-state index in [1.54, 1.807) is 0 Å². The first-order valence-electron chi connectivity index (χ1n) is 3.93. The van der Waals surface area contributed by atoms with Gasteiger partial charge in [0.05, 0.1) is 11.8 Å². The van der Waals surface area contributed by atoms with Gasteiger partial charge < -0.3 is 0 Å². The fraction of sp³-hybridized carbons (Fsp3) is 0.200. The Morgan fingerprint density at radius 2 is 2.43 bits per heavy atom. The Hall–Kier alpha value is -1.21. The third-order valence-corrected chi connectivity index (χ3v) is 1.84. The van der Waals surface area contributed by atoms with Crippen molar-refractivity contribution >= 4 is 22.2 Å². The quantitative estimate of drug-likeness (QED) is 0.461. The lowest BCUT2D eigenvalue weighted by molar-refractivity contribution is 0.111. The molecule has 0 amide bonds. The smallest absolute Gasteiger partial charge is 0.153 e. The van der Waals surface area contributed by atoms with E-state index in [0.29, 0.717) is 18.4 Å². The summed E-state index contributed by atoms with van der Waals surface area (Å²) < 4.78 is 12.8. The zero-order chi connectivity index (χ0) is 10.4. The largest absolute Gasteiger partial charge is 0.298 e. The summed E-state index contributed by atoms with van der Waals surface area (Å²) in [6.07, 6.45) is 2.14. The molecule has 0 fully saturated rings. The van der Waals surface area contributed by atoms with Crippen molar-refractivity contribution in [3.05, 3.63) is 29.3 Å². The van der Waals surface area contributed by atoms with Crippen molar-refractivity contribution in [1.82, 2.24) is 4.98 Å². The van der Waals surface area contributed by atoms with Gasteiger partial charge in [-0.05, 0) is 12.0 Å². The van der Waals surface area contributed by atoms with Crippen LogP contribution in [-0.4, -0.2) is 16.6 Å². The second-order valence-corrected chi connectivity index (χ2v) is 3.24. The summed E-state index contributed by atoms with van der Waals surface area (Å²) in [7, 11) is 0. The molecule has 72 valence electrons. The number of pyridine rings is 1. The molecule has 4 heteroatoms. The molecule has 0 saturated carbocycles. The molecule has 0 aromatic carbocycles. The molecule has 1 rings (SSSR count). The van der Waals surface area contributed by atoms with E-state index in [1.807, 2.05) is 0 Å². The monoisotopic (exact) mass is 255 g/mol. The number of rotatable bonds is 2. The Morgan fingerprint density at radius 3 is 3.07 bits per heavy atom. The van der Waals surface area contributed by atoms with Gasteiger partial charge in [-0.1, -0.05) is 21.9 Å². The second-order valence-electron chi connectivity index (χ2n) is 2.45. The first kappa shape index (κ1) is 10.9. The highest BCUT2D eigenvalue weighted by Gasteiger charge is 2.01. The normalized spacial score (nSPS) is 9.00. The molecule has 1 aromatic rings. The lowest BCUT2D eigenvalue weighted by atomic mass is 10.2. The molecule has 1 aromatic heterocycles. The van der Waals surface area contributed by atoms with Crippen LogP contribution in [0.3, 0.4) is 0 Å². The van der Waals surface area contributed by atoms with Crippen molar-refractivity contribution < 1.29 is 9.18 Å². The molecule has 0 aliphatic heterocycles. The molecule has 1 heterocycles. The molecule has 0 aliphatic rings. The molecular weight excluding hydrogens is 249 g/mol. The summed E-state index contributed by atoms with van der Waals surface area (Å²) in [6, 6.07) is 1.34. The van der Waals surface area contributed by atoms with E-state index in [1.165, 1.54) is 6.07 Å². The average molecular weight is 256 g/mol. The maximum atomic E-state index is 12.8. The minimum atomic E-state index is -0.619. The molecular formula is C10H7BrFNO. The van der Waals surface area contributed by atoms with Crippen LogP contribution in [0.15, 0.2) is 12.3 Å². The zero-order valence-corrected chi connectivity index (χ0v) is 8.84. The summed E-state index contributed by atoms with van der Waals surface area (Å²) in [6.45, 7) is 0. The first-order chi connectivity index (χ1) is 6.77. The Morgan fingerprint density at radius 1 is 1.64 bits per heavy atom. The number of aromatic nitrogens is 1. The first-order valence-corrected chi connectivity index (χ1v) is 5.05. The molecule has 0 spiro atoms. The van der Waals surface area contributed by atoms with Crippen molar-refractivity contribution in [2.24, 2.45) is 0 Å². The molecule has 0 N–H and O–H groups in total. The van der Waals surface area contributed by atoms with Crippen LogP contribution in [-0.2, 0) is 0 Å². The maximum Gasteiger partial charge on any atom is 0.153 e. The van der Waals surface area contributed by atoms with Gasteiger partial charge in [0.15, 0.2) is 12.1 Å². The van der Waals surface area contributed by atoms with Crippen molar-refractivity contribution in [3.63, 3.8) is 0 Å². The van der Waals surface area contributed by atoms with Crippen LogP contribution in [0.4, 0.5) is 4.39 Å². The number of hydrogen-bond donors (Lipinski definition) is 0. The summed E-state index contributed by atoms with van der Waals surface area (Å²) in [5.41, 5.74) is 0.401. The van der Waals surface area contributed by atoms with E-state index in [9.17, 15) is 9.18 Å². The van der Waals surface area contributed by atoms with E-state index >= 15 is 0 Å². The summed E-state index contributed by atoms with van der Waals surface area (Å²) in [5.74, 6) is 4.94. The third kappa shape index (κ3) is 2.93. The van der Waals surface area contributed by atoms with E-state index in [-0.39, 0.29) is 5.56 Å². The Kier molecular flexibility index (Phi) is 4.27. The summed E-state index contributed by atoms with van der Waals surface area (Å²) >= 11 is 3.22. The molecule has 0 atom stereocenters. The molecule has 14 heavy (non-hydrogen) atoms. The molecule has 2 nitrogen and oxygen atoms in total. The van der Waals surface area contributed by atoms with E-state index in [2.05, 4.69) is 32.8 Å². The van der Waals surface area contributed by atoms with Crippen LogP contribution >= 0.6 is 15.9 Å². The van der Waals surface area contributed by atoms with Gasteiger partial charge >= 0.3 is 0 Å². The molecule has 0 unspecified atom stereocenters. The van der Waals surface area contributed by atoms with E-state index in [0.717, 1.165) is 11.5 Å². The van der Waals surface area contributed by atoms with Crippen molar-refractivity contribution in [2.45, 2.75) is 6.42 Å². The lowest BCUT2D eigenvalue weighted by Gasteiger charge is -1.93. The molecule has 0 aliphatic carbocycles. The minimum absolute atomic E-state index is 0.0110. The van der Waals surface area contributed by atoms with Gasteiger partial charge in [-0.25, -0.2) is 9.37 Å². The number of aldehydes is 1. The second kappa shape index (κ2) is 5.51.